The molecule has 3 heterocycles. The summed E-state index contributed by atoms with van der Waals surface area (Å²) in [6.45, 7) is 4.28. The second kappa shape index (κ2) is 8.24. The van der Waals surface area contributed by atoms with Crippen molar-refractivity contribution in [2.75, 3.05) is 25.0 Å². The van der Waals surface area contributed by atoms with Gasteiger partial charge in [0.05, 0.1) is 17.9 Å². The lowest BCUT2D eigenvalue weighted by atomic mass is 9.89. The van der Waals surface area contributed by atoms with Gasteiger partial charge in [0, 0.05) is 24.2 Å². The molecular weight excluding hydrogens is 370 g/mol. The van der Waals surface area contributed by atoms with Crippen LogP contribution in [0.4, 0.5) is 5.13 Å². The van der Waals surface area contributed by atoms with Crippen LogP contribution in [-0.2, 0) is 11.8 Å². The first-order valence-corrected chi connectivity index (χ1v) is 10.5. The Hall–Kier alpha value is -2.51. The molecule has 0 spiro atoms. The average Bonchev–Trinajstić information content (AvgIpc) is 3.28. The quantitative estimate of drug-likeness (QED) is 0.716. The van der Waals surface area contributed by atoms with Gasteiger partial charge in [-0.2, -0.15) is 5.10 Å². The van der Waals surface area contributed by atoms with Crippen LogP contribution in [-0.4, -0.2) is 45.2 Å². The van der Waals surface area contributed by atoms with E-state index in [4.69, 9.17) is 0 Å². The summed E-state index contributed by atoms with van der Waals surface area (Å²) in [5, 5.41) is 9.90. The molecule has 6 nitrogen and oxygen atoms in total. The fourth-order valence-corrected chi connectivity index (χ4v) is 4.54. The number of anilines is 1. The lowest BCUT2D eigenvalue weighted by molar-refractivity contribution is -0.117. The van der Waals surface area contributed by atoms with Gasteiger partial charge in [-0.3, -0.25) is 14.4 Å². The van der Waals surface area contributed by atoms with Gasteiger partial charge in [-0.05, 0) is 44.3 Å². The van der Waals surface area contributed by atoms with Crippen molar-refractivity contribution in [1.82, 2.24) is 19.7 Å². The van der Waals surface area contributed by atoms with E-state index in [1.807, 2.05) is 25.5 Å². The molecule has 0 radical (unpaired) electrons. The van der Waals surface area contributed by atoms with Crippen molar-refractivity contribution in [3.8, 4) is 11.3 Å². The Morgan fingerprint density at radius 3 is 2.68 bits per heavy atom. The minimum Gasteiger partial charge on any atom is -0.301 e. The Morgan fingerprint density at radius 2 is 2.00 bits per heavy atom. The Labute approximate surface area is 169 Å². The zero-order valence-corrected chi connectivity index (χ0v) is 17.1. The van der Waals surface area contributed by atoms with E-state index >= 15 is 0 Å². The van der Waals surface area contributed by atoms with Crippen molar-refractivity contribution < 1.29 is 4.79 Å². The number of benzene rings is 1. The SMILES string of the molecule is Cc1nn(C)cc1-c1csc(NC(=O)CN2CCC(c3ccccc3)CC2)n1. The molecule has 3 aromatic rings. The molecule has 0 unspecified atom stereocenters. The van der Waals surface area contributed by atoms with Gasteiger partial charge in [-0.15, -0.1) is 11.3 Å². The normalized spacial score (nSPS) is 15.6. The van der Waals surface area contributed by atoms with Crippen LogP contribution in [0.25, 0.3) is 11.3 Å². The number of carbonyl (C=O) groups is 1. The predicted molar refractivity (Wildman–Crippen MR) is 113 cm³/mol. The maximum atomic E-state index is 12.4. The van der Waals surface area contributed by atoms with E-state index in [0.29, 0.717) is 17.6 Å². The molecule has 0 saturated carbocycles. The summed E-state index contributed by atoms with van der Waals surface area (Å²) < 4.78 is 1.78. The van der Waals surface area contributed by atoms with Crippen LogP contribution in [0, 0.1) is 6.92 Å². The van der Waals surface area contributed by atoms with Crippen LogP contribution in [0.3, 0.4) is 0 Å². The topological polar surface area (TPSA) is 63.1 Å². The van der Waals surface area contributed by atoms with Crippen molar-refractivity contribution in [3.63, 3.8) is 0 Å². The van der Waals surface area contributed by atoms with E-state index in [-0.39, 0.29) is 5.91 Å². The number of piperidine rings is 1. The Morgan fingerprint density at radius 1 is 1.25 bits per heavy atom. The number of carbonyl (C=O) groups excluding carboxylic acids is 1. The molecule has 7 heteroatoms. The monoisotopic (exact) mass is 395 g/mol. The Balaban J connectivity index is 1.29. The van der Waals surface area contributed by atoms with Crippen LogP contribution < -0.4 is 5.32 Å². The van der Waals surface area contributed by atoms with Gasteiger partial charge < -0.3 is 5.32 Å². The van der Waals surface area contributed by atoms with Crippen LogP contribution in [0.5, 0.6) is 0 Å². The number of aryl methyl sites for hydroxylation is 2. The minimum atomic E-state index is 0.00182. The standard InChI is InChI=1S/C21H25N5OS/c1-15-18(12-25(2)24-15)19-14-28-21(22-19)23-20(27)13-26-10-8-17(9-11-26)16-6-4-3-5-7-16/h3-7,12,14,17H,8-11,13H2,1-2H3,(H,22,23,27). The third-order valence-corrected chi connectivity index (χ3v) is 6.02. The fourth-order valence-electron chi connectivity index (χ4n) is 3.82. The van der Waals surface area contributed by atoms with E-state index in [9.17, 15) is 4.79 Å². The molecule has 1 aliphatic rings. The first-order chi connectivity index (χ1) is 13.6. The van der Waals surface area contributed by atoms with Crippen LogP contribution in [0.15, 0.2) is 41.9 Å². The third kappa shape index (κ3) is 4.31. The summed E-state index contributed by atoms with van der Waals surface area (Å²) in [6, 6.07) is 10.7. The highest BCUT2D eigenvalue weighted by Gasteiger charge is 2.22. The molecule has 1 saturated heterocycles. The van der Waals surface area contributed by atoms with Crippen LogP contribution >= 0.6 is 11.3 Å². The lowest BCUT2D eigenvalue weighted by Crippen LogP contribution is -2.38. The van der Waals surface area contributed by atoms with Gasteiger partial charge in [0.15, 0.2) is 5.13 Å². The maximum Gasteiger partial charge on any atom is 0.240 e. The molecule has 2 aromatic heterocycles. The van der Waals surface area contributed by atoms with Gasteiger partial charge in [-0.25, -0.2) is 4.98 Å². The maximum absolute atomic E-state index is 12.4. The molecule has 28 heavy (non-hydrogen) atoms. The molecule has 0 bridgehead atoms. The van der Waals surface area contributed by atoms with Crippen molar-refractivity contribution in [2.24, 2.45) is 7.05 Å². The summed E-state index contributed by atoms with van der Waals surface area (Å²) in [5.41, 5.74) is 4.20. The number of thiazole rings is 1. The summed E-state index contributed by atoms with van der Waals surface area (Å²) in [6.07, 6.45) is 4.14. The lowest BCUT2D eigenvalue weighted by Gasteiger charge is -2.31. The first kappa shape index (κ1) is 18.8. The number of aromatic nitrogens is 3. The van der Waals surface area contributed by atoms with Gasteiger partial charge in [0.2, 0.25) is 5.91 Å². The number of likely N-dealkylation sites (tertiary alicyclic amines) is 1. The van der Waals surface area contributed by atoms with Gasteiger partial charge >= 0.3 is 0 Å². The van der Waals surface area contributed by atoms with Crippen molar-refractivity contribution in [1.29, 1.82) is 0 Å². The predicted octanol–water partition coefficient (Wildman–Crippen LogP) is 3.67. The number of hydrogen-bond donors (Lipinski definition) is 1. The Kier molecular flexibility index (Phi) is 5.54. The minimum absolute atomic E-state index is 0.00182. The second-order valence-corrected chi connectivity index (χ2v) is 8.21. The molecule has 1 amide bonds. The highest BCUT2D eigenvalue weighted by molar-refractivity contribution is 7.14. The average molecular weight is 396 g/mol. The number of amides is 1. The van der Waals surface area contributed by atoms with E-state index in [1.165, 1.54) is 16.9 Å². The van der Waals surface area contributed by atoms with E-state index in [2.05, 4.69) is 50.6 Å². The van der Waals surface area contributed by atoms with Gasteiger partial charge in [-0.1, -0.05) is 30.3 Å². The smallest absolute Gasteiger partial charge is 0.240 e. The number of nitrogens with one attached hydrogen (secondary N) is 1. The molecule has 146 valence electrons. The zero-order chi connectivity index (χ0) is 19.5. The number of hydrogen-bond acceptors (Lipinski definition) is 5. The highest BCUT2D eigenvalue weighted by atomic mass is 32.1. The summed E-state index contributed by atoms with van der Waals surface area (Å²) in [7, 11) is 1.90. The Bertz CT molecular complexity index is 941. The number of rotatable bonds is 5. The highest BCUT2D eigenvalue weighted by Crippen LogP contribution is 2.28. The molecule has 0 atom stereocenters. The molecule has 1 fully saturated rings. The van der Waals surface area contributed by atoms with Crippen molar-refractivity contribution >= 4 is 22.4 Å². The van der Waals surface area contributed by atoms with Crippen LogP contribution in [0.1, 0.15) is 30.0 Å². The van der Waals surface area contributed by atoms with Gasteiger partial charge in [0.1, 0.15) is 0 Å². The molecule has 4 rings (SSSR count). The third-order valence-electron chi connectivity index (χ3n) is 5.27. The molecule has 1 N–H and O–H groups in total. The van der Waals surface area contributed by atoms with E-state index in [0.717, 1.165) is 42.9 Å². The summed E-state index contributed by atoms with van der Waals surface area (Å²) >= 11 is 1.45. The summed E-state index contributed by atoms with van der Waals surface area (Å²) in [5.74, 6) is 0.603. The molecular formula is C21H25N5OS. The molecule has 0 aliphatic carbocycles. The van der Waals surface area contributed by atoms with Gasteiger partial charge in [0.25, 0.3) is 0 Å². The van der Waals surface area contributed by atoms with E-state index in [1.54, 1.807) is 4.68 Å². The van der Waals surface area contributed by atoms with Crippen molar-refractivity contribution in [2.45, 2.75) is 25.7 Å². The number of nitrogens with zero attached hydrogens (tertiary/aromatic N) is 4. The fraction of sp³-hybridized carbons (Fsp3) is 0.381. The molecule has 1 aliphatic heterocycles. The van der Waals surface area contributed by atoms with E-state index < -0.39 is 0 Å². The summed E-state index contributed by atoms with van der Waals surface area (Å²) in [4.78, 5) is 19.2. The molecule has 1 aromatic carbocycles. The largest absolute Gasteiger partial charge is 0.301 e. The first-order valence-electron chi connectivity index (χ1n) is 9.62. The van der Waals surface area contributed by atoms with Crippen molar-refractivity contribution in [3.05, 3.63) is 53.2 Å². The zero-order valence-electron chi connectivity index (χ0n) is 16.3. The van der Waals surface area contributed by atoms with Crippen LogP contribution in [0.2, 0.25) is 0 Å². The second-order valence-electron chi connectivity index (χ2n) is 7.35.